The molecular weight excluding hydrogens is 354 g/mol. The summed E-state index contributed by atoms with van der Waals surface area (Å²) in [5, 5.41) is 12.4. The number of hydrogen-bond donors (Lipinski definition) is 2. The lowest BCUT2D eigenvalue weighted by atomic mass is 10.1. The highest BCUT2D eigenvalue weighted by molar-refractivity contribution is 7.80. The lowest BCUT2D eigenvalue weighted by Crippen LogP contribution is -2.31. The molecule has 0 unspecified atom stereocenters. The van der Waals surface area contributed by atoms with Crippen molar-refractivity contribution in [1.29, 1.82) is 0 Å². The second-order valence-corrected chi connectivity index (χ2v) is 6.36. The van der Waals surface area contributed by atoms with E-state index in [4.69, 9.17) is 17.3 Å². The van der Waals surface area contributed by atoms with Crippen LogP contribution in [0, 0.1) is 6.92 Å². The molecular formula is C21H21N5S. The Morgan fingerprint density at radius 2 is 1.93 bits per heavy atom. The first-order valence-electron chi connectivity index (χ1n) is 8.57. The third-order valence-electron chi connectivity index (χ3n) is 3.86. The van der Waals surface area contributed by atoms with E-state index in [2.05, 4.69) is 53.6 Å². The molecule has 136 valence electrons. The van der Waals surface area contributed by atoms with Crippen molar-refractivity contribution in [3.05, 3.63) is 84.6 Å². The minimum absolute atomic E-state index is 0.443. The number of aryl methyl sites for hydroxylation is 1. The summed E-state index contributed by atoms with van der Waals surface area (Å²) in [5.74, 6) is 0. The molecule has 0 saturated heterocycles. The summed E-state index contributed by atoms with van der Waals surface area (Å²) in [6.45, 7) is 6.29. The zero-order chi connectivity index (χ0) is 19.1. The summed E-state index contributed by atoms with van der Waals surface area (Å²) in [6.07, 6.45) is 5.41. The van der Waals surface area contributed by atoms with Crippen LogP contribution in [0.2, 0.25) is 0 Å². The van der Waals surface area contributed by atoms with Crippen LogP contribution < -0.4 is 10.7 Å². The summed E-state index contributed by atoms with van der Waals surface area (Å²) in [7, 11) is 0. The average Bonchev–Trinajstić information content (AvgIpc) is 3.12. The Bertz CT molecular complexity index is 942. The van der Waals surface area contributed by atoms with Crippen LogP contribution in [0.25, 0.3) is 16.9 Å². The van der Waals surface area contributed by atoms with Gasteiger partial charge >= 0.3 is 0 Å². The van der Waals surface area contributed by atoms with E-state index in [1.165, 1.54) is 5.56 Å². The number of benzene rings is 2. The van der Waals surface area contributed by atoms with Crippen molar-refractivity contribution in [2.45, 2.75) is 6.92 Å². The van der Waals surface area contributed by atoms with Gasteiger partial charge in [-0.1, -0.05) is 54.1 Å². The number of thiocarbonyl (C=S) groups is 1. The fourth-order valence-corrected chi connectivity index (χ4v) is 2.63. The smallest absolute Gasteiger partial charge is 0.187 e. The summed E-state index contributed by atoms with van der Waals surface area (Å²) in [5.41, 5.74) is 7.78. The van der Waals surface area contributed by atoms with E-state index in [1.54, 1.807) is 12.3 Å². The van der Waals surface area contributed by atoms with Gasteiger partial charge in [-0.15, -0.1) is 6.58 Å². The van der Waals surface area contributed by atoms with Crippen LogP contribution in [0.3, 0.4) is 0 Å². The molecule has 2 N–H and O–H groups in total. The molecule has 1 heterocycles. The van der Waals surface area contributed by atoms with Gasteiger partial charge in [0.15, 0.2) is 5.11 Å². The summed E-state index contributed by atoms with van der Waals surface area (Å²) < 4.78 is 1.85. The van der Waals surface area contributed by atoms with Gasteiger partial charge in [-0.2, -0.15) is 10.2 Å². The molecule has 0 aliphatic rings. The fourth-order valence-electron chi connectivity index (χ4n) is 2.50. The van der Waals surface area contributed by atoms with Crippen molar-refractivity contribution in [3.63, 3.8) is 0 Å². The van der Waals surface area contributed by atoms with Gasteiger partial charge in [-0.3, -0.25) is 5.43 Å². The molecule has 6 heteroatoms. The molecule has 0 bridgehead atoms. The Kier molecular flexibility index (Phi) is 6.12. The molecule has 0 spiro atoms. The minimum atomic E-state index is 0.443. The maximum absolute atomic E-state index is 5.15. The lowest BCUT2D eigenvalue weighted by Gasteiger charge is -2.03. The van der Waals surface area contributed by atoms with Crippen LogP contribution in [0.1, 0.15) is 11.1 Å². The Morgan fingerprint density at radius 3 is 2.63 bits per heavy atom. The number of rotatable bonds is 6. The molecule has 0 atom stereocenters. The topological polar surface area (TPSA) is 54.2 Å². The zero-order valence-electron chi connectivity index (χ0n) is 15.1. The predicted octanol–water partition coefficient (Wildman–Crippen LogP) is 3.83. The summed E-state index contributed by atoms with van der Waals surface area (Å²) in [6, 6.07) is 18.3. The van der Waals surface area contributed by atoms with Crippen LogP contribution in [0.15, 0.2) is 78.6 Å². The van der Waals surface area contributed by atoms with E-state index in [-0.39, 0.29) is 0 Å². The van der Waals surface area contributed by atoms with E-state index in [0.717, 1.165) is 22.5 Å². The normalized spacial score (nSPS) is 10.7. The Labute approximate surface area is 164 Å². The van der Waals surface area contributed by atoms with Crippen LogP contribution in [0.4, 0.5) is 0 Å². The molecule has 2 aromatic carbocycles. The Morgan fingerprint density at radius 1 is 1.19 bits per heavy atom. The quantitative estimate of drug-likeness (QED) is 0.298. The zero-order valence-corrected chi connectivity index (χ0v) is 15.9. The average molecular weight is 376 g/mol. The predicted molar refractivity (Wildman–Crippen MR) is 115 cm³/mol. The van der Waals surface area contributed by atoms with Crippen LogP contribution in [-0.4, -0.2) is 27.7 Å². The molecule has 3 aromatic rings. The van der Waals surface area contributed by atoms with Gasteiger partial charge < -0.3 is 5.32 Å². The highest BCUT2D eigenvalue weighted by Crippen LogP contribution is 2.23. The highest BCUT2D eigenvalue weighted by atomic mass is 32.1. The molecule has 5 nitrogen and oxygen atoms in total. The van der Waals surface area contributed by atoms with Crippen molar-refractivity contribution in [2.24, 2.45) is 5.10 Å². The van der Waals surface area contributed by atoms with E-state index in [9.17, 15) is 0 Å². The number of para-hydroxylation sites is 1. The second-order valence-electron chi connectivity index (χ2n) is 5.95. The van der Waals surface area contributed by atoms with Gasteiger partial charge in [-0.25, -0.2) is 4.68 Å². The van der Waals surface area contributed by atoms with Crippen molar-refractivity contribution in [3.8, 4) is 16.9 Å². The number of nitrogens with zero attached hydrogens (tertiary/aromatic N) is 3. The van der Waals surface area contributed by atoms with Crippen molar-refractivity contribution in [2.75, 3.05) is 6.54 Å². The van der Waals surface area contributed by atoms with E-state index in [1.807, 2.05) is 41.2 Å². The van der Waals surface area contributed by atoms with Gasteiger partial charge in [-0.05, 0) is 31.3 Å². The van der Waals surface area contributed by atoms with Crippen molar-refractivity contribution in [1.82, 2.24) is 20.5 Å². The van der Waals surface area contributed by atoms with Gasteiger partial charge in [0.2, 0.25) is 0 Å². The molecule has 0 aliphatic heterocycles. The maximum atomic E-state index is 5.15. The number of aromatic nitrogens is 2. The number of hydrazone groups is 1. The highest BCUT2D eigenvalue weighted by Gasteiger charge is 2.11. The summed E-state index contributed by atoms with van der Waals surface area (Å²) >= 11 is 5.15. The largest absolute Gasteiger partial charge is 0.358 e. The van der Waals surface area contributed by atoms with Crippen LogP contribution >= 0.6 is 12.2 Å². The monoisotopic (exact) mass is 375 g/mol. The molecule has 0 aliphatic carbocycles. The summed E-state index contributed by atoms with van der Waals surface area (Å²) in [4.78, 5) is 0. The van der Waals surface area contributed by atoms with Crippen LogP contribution in [0.5, 0.6) is 0 Å². The fraction of sp³-hybridized carbons (Fsp3) is 0.0952. The van der Waals surface area contributed by atoms with Gasteiger partial charge in [0, 0.05) is 23.9 Å². The Balaban J connectivity index is 1.90. The SMILES string of the molecule is C=CCNC(=S)N/N=C/c1cn(-c2ccccc2)nc1-c1ccc(C)cc1. The minimum Gasteiger partial charge on any atom is -0.358 e. The first-order chi connectivity index (χ1) is 13.2. The molecule has 1 aromatic heterocycles. The van der Waals surface area contributed by atoms with Gasteiger partial charge in [0.25, 0.3) is 0 Å². The standard InChI is InChI=1S/C21H21N5S/c1-3-13-22-21(27)24-23-14-18-15-26(19-7-5-4-6-8-19)25-20(18)17-11-9-16(2)10-12-17/h3-12,14-15H,1,13H2,2H3,(H2,22,24,27)/b23-14+. The van der Waals surface area contributed by atoms with Gasteiger partial charge in [0.1, 0.15) is 5.69 Å². The third kappa shape index (κ3) is 4.89. The van der Waals surface area contributed by atoms with Crippen molar-refractivity contribution < 1.29 is 0 Å². The molecule has 0 fully saturated rings. The lowest BCUT2D eigenvalue weighted by molar-refractivity contribution is 0.884. The molecule has 0 radical (unpaired) electrons. The number of nitrogens with one attached hydrogen (secondary N) is 2. The van der Waals surface area contributed by atoms with E-state index in [0.29, 0.717) is 11.7 Å². The molecule has 0 saturated carbocycles. The first kappa shape index (κ1) is 18.5. The maximum Gasteiger partial charge on any atom is 0.187 e. The second kappa shape index (κ2) is 8.91. The van der Waals surface area contributed by atoms with E-state index < -0.39 is 0 Å². The van der Waals surface area contributed by atoms with Gasteiger partial charge in [0.05, 0.1) is 11.9 Å². The first-order valence-corrected chi connectivity index (χ1v) is 8.98. The van der Waals surface area contributed by atoms with Crippen molar-refractivity contribution >= 4 is 23.5 Å². The molecule has 3 rings (SSSR count). The van der Waals surface area contributed by atoms with E-state index >= 15 is 0 Å². The molecule has 0 amide bonds. The van der Waals surface area contributed by atoms with Crippen LogP contribution in [-0.2, 0) is 0 Å². The molecule has 27 heavy (non-hydrogen) atoms. The number of hydrogen-bond acceptors (Lipinski definition) is 3. The Hall–Kier alpha value is -3.25. The third-order valence-corrected chi connectivity index (χ3v) is 4.10.